The van der Waals surface area contributed by atoms with E-state index in [4.69, 9.17) is 16.7 Å². The maximum absolute atomic E-state index is 8.57. The van der Waals surface area contributed by atoms with Gasteiger partial charge in [-0.2, -0.15) is 0 Å². The number of aliphatic hydroxyl groups excluding tert-OH is 1. The summed E-state index contributed by atoms with van der Waals surface area (Å²) in [6.07, 6.45) is 3.13. The van der Waals surface area contributed by atoms with Crippen LogP contribution in [0.15, 0.2) is 12.1 Å². The summed E-state index contributed by atoms with van der Waals surface area (Å²) in [6.45, 7) is 2.21. The summed E-state index contributed by atoms with van der Waals surface area (Å²) in [5.74, 6) is 0. The third kappa shape index (κ3) is 4.96. The molecule has 0 unspecified atom stereocenters. The molecule has 2 nitrogen and oxygen atoms in total. The molecule has 0 bridgehead atoms. The van der Waals surface area contributed by atoms with Crippen molar-refractivity contribution in [2.24, 2.45) is 0 Å². The zero-order valence-electron chi connectivity index (χ0n) is 8.13. The van der Waals surface area contributed by atoms with Crippen LogP contribution in [0.5, 0.6) is 0 Å². The van der Waals surface area contributed by atoms with Crippen molar-refractivity contribution >= 4 is 22.9 Å². The second kappa shape index (κ2) is 7.23. The van der Waals surface area contributed by atoms with Crippen LogP contribution in [-0.4, -0.2) is 18.3 Å². The zero-order valence-corrected chi connectivity index (χ0v) is 9.70. The van der Waals surface area contributed by atoms with Gasteiger partial charge in [0.2, 0.25) is 0 Å². The number of hydrogen-bond acceptors (Lipinski definition) is 3. The lowest BCUT2D eigenvalue weighted by Crippen LogP contribution is -2.13. The molecule has 0 fully saturated rings. The highest BCUT2D eigenvalue weighted by Crippen LogP contribution is 2.20. The molecule has 4 heteroatoms. The molecule has 1 aromatic rings. The summed E-state index contributed by atoms with van der Waals surface area (Å²) in [7, 11) is 0. The summed E-state index contributed by atoms with van der Waals surface area (Å²) in [6, 6.07) is 3.97. The highest BCUT2D eigenvalue weighted by molar-refractivity contribution is 7.16. The Balaban J connectivity index is 1.99. The number of aliphatic hydroxyl groups is 1. The number of nitrogens with one attached hydrogen (secondary N) is 1. The Kier molecular flexibility index (Phi) is 6.19. The molecule has 0 aliphatic carbocycles. The van der Waals surface area contributed by atoms with Crippen LogP contribution >= 0.6 is 22.9 Å². The Morgan fingerprint density at radius 3 is 2.79 bits per heavy atom. The third-order valence-corrected chi connectivity index (χ3v) is 3.17. The minimum atomic E-state index is 0.306. The predicted octanol–water partition coefficient (Wildman–Crippen LogP) is 2.65. The molecular weight excluding hydrogens is 218 g/mol. The van der Waals surface area contributed by atoms with E-state index in [1.54, 1.807) is 11.3 Å². The van der Waals surface area contributed by atoms with Crippen molar-refractivity contribution in [2.75, 3.05) is 13.2 Å². The van der Waals surface area contributed by atoms with Gasteiger partial charge in [-0.1, -0.05) is 11.6 Å². The molecule has 80 valence electrons. The fourth-order valence-corrected chi connectivity index (χ4v) is 2.25. The summed E-state index contributed by atoms with van der Waals surface area (Å²) < 4.78 is 0.849. The molecule has 0 radical (unpaired) electrons. The highest BCUT2D eigenvalue weighted by Gasteiger charge is 1.96. The molecule has 0 spiro atoms. The SMILES string of the molecule is OCCCCCNCc1ccc(Cl)s1. The summed E-state index contributed by atoms with van der Waals surface area (Å²) in [4.78, 5) is 1.28. The van der Waals surface area contributed by atoms with Crippen molar-refractivity contribution in [3.05, 3.63) is 21.3 Å². The lowest BCUT2D eigenvalue weighted by molar-refractivity contribution is 0.283. The van der Waals surface area contributed by atoms with Crippen LogP contribution in [-0.2, 0) is 6.54 Å². The molecule has 1 aromatic heterocycles. The maximum atomic E-state index is 8.57. The lowest BCUT2D eigenvalue weighted by Gasteiger charge is -2.01. The number of rotatable bonds is 7. The fraction of sp³-hybridized carbons (Fsp3) is 0.600. The molecular formula is C10H16ClNOS. The quantitative estimate of drug-likeness (QED) is 0.710. The first kappa shape index (κ1) is 12.0. The van der Waals surface area contributed by atoms with E-state index in [9.17, 15) is 0 Å². The number of thiophene rings is 1. The van der Waals surface area contributed by atoms with Gasteiger partial charge < -0.3 is 10.4 Å². The number of halogens is 1. The van der Waals surface area contributed by atoms with Crippen LogP contribution in [0.4, 0.5) is 0 Å². The van der Waals surface area contributed by atoms with Gasteiger partial charge >= 0.3 is 0 Å². The van der Waals surface area contributed by atoms with Crippen LogP contribution in [0.1, 0.15) is 24.1 Å². The van der Waals surface area contributed by atoms with Crippen molar-refractivity contribution in [3.8, 4) is 0 Å². The summed E-state index contributed by atoms with van der Waals surface area (Å²) >= 11 is 7.42. The Labute approximate surface area is 93.9 Å². The molecule has 1 rings (SSSR count). The van der Waals surface area contributed by atoms with Gasteiger partial charge in [-0.25, -0.2) is 0 Å². The number of unbranched alkanes of at least 4 members (excludes halogenated alkanes) is 2. The van der Waals surface area contributed by atoms with Crippen LogP contribution < -0.4 is 5.32 Å². The average molecular weight is 234 g/mol. The minimum absolute atomic E-state index is 0.306. The van der Waals surface area contributed by atoms with E-state index in [0.29, 0.717) is 6.61 Å². The molecule has 0 aromatic carbocycles. The first-order chi connectivity index (χ1) is 6.83. The summed E-state index contributed by atoms with van der Waals surface area (Å²) in [5.41, 5.74) is 0. The van der Waals surface area contributed by atoms with E-state index in [2.05, 4.69) is 5.32 Å². The predicted molar refractivity (Wildman–Crippen MR) is 62.0 cm³/mol. The van der Waals surface area contributed by atoms with Gasteiger partial charge in [0, 0.05) is 18.0 Å². The van der Waals surface area contributed by atoms with E-state index >= 15 is 0 Å². The Morgan fingerprint density at radius 1 is 1.29 bits per heavy atom. The van der Waals surface area contributed by atoms with Gasteiger partial charge in [-0.3, -0.25) is 0 Å². The molecule has 0 atom stereocenters. The lowest BCUT2D eigenvalue weighted by atomic mass is 10.2. The van der Waals surface area contributed by atoms with Crippen LogP contribution in [0.25, 0.3) is 0 Å². The van der Waals surface area contributed by atoms with E-state index in [-0.39, 0.29) is 0 Å². The largest absolute Gasteiger partial charge is 0.396 e. The third-order valence-electron chi connectivity index (χ3n) is 1.94. The standard InChI is InChI=1S/C10H16ClNOS/c11-10-5-4-9(14-10)8-12-6-2-1-3-7-13/h4-5,12-13H,1-3,6-8H2. The van der Waals surface area contributed by atoms with Crippen LogP contribution in [0.3, 0.4) is 0 Å². The van der Waals surface area contributed by atoms with Crippen LogP contribution in [0.2, 0.25) is 4.34 Å². The highest BCUT2D eigenvalue weighted by atomic mass is 35.5. The molecule has 0 saturated heterocycles. The monoisotopic (exact) mass is 233 g/mol. The van der Waals surface area contributed by atoms with Crippen molar-refractivity contribution in [2.45, 2.75) is 25.8 Å². The molecule has 2 N–H and O–H groups in total. The van der Waals surface area contributed by atoms with Crippen molar-refractivity contribution < 1.29 is 5.11 Å². The maximum Gasteiger partial charge on any atom is 0.0931 e. The summed E-state index contributed by atoms with van der Waals surface area (Å²) in [5, 5.41) is 11.9. The number of hydrogen-bond donors (Lipinski definition) is 2. The second-order valence-electron chi connectivity index (χ2n) is 3.17. The van der Waals surface area contributed by atoms with E-state index in [1.165, 1.54) is 4.88 Å². The van der Waals surface area contributed by atoms with Gasteiger partial charge in [0.05, 0.1) is 4.34 Å². The van der Waals surface area contributed by atoms with Crippen molar-refractivity contribution in [1.29, 1.82) is 0 Å². The molecule has 0 amide bonds. The molecule has 0 aliphatic heterocycles. The molecule has 0 saturated carbocycles. The van der Waals surface area contributed by atoms with Gasteiger partial charge in [-0.05, 0) is 37.9 Å². The molecule has 14 heavy (non-hydrogen) atoms. The van der Waals surface area contributed by atoms with E-state index < -0.39 is 0 Å². The van der Waals surface area contributed by atoms with Crippen molar-refractivity contribution in [3.63, 3.8) is 0 Å². The average Bonchev–Trinajstić information content (AvgIpc) is 2.58. The van der Waals surface area contributed by atoms with Gasteiger partial charge in [0.1, 0.15) is 0 Å². The van der Waals surface area contributed by atoms with Crippen LogP contribution in [0, 0.1) is 0 Å². The first-order valence-electron chi connectivity index (χ1n) is 4.88. The fourth-order valence-electron chi connectivity index (χ4n) is 1.20. The molecule has 1 heterocycles. The van der Waals surface area contributed by atoms with Gasteiger partial charge in [0.15, 0.2) is 0 Å². The van der Waals surface area contributed by atoms with Crippen molar-refractivity contribution in [1.82, 2.24) is 5.32 Å². The topological polar surface area (TPSA) is 32.3 Å². The Bertz CT molecular complexity index is 252. The minimum Gasteiger partial charge on any atom is -0.396 e. The molecule has 0 aliphatic rings. The van der Waals surface area contributed by atoms with E-state index in [1.807, 2.05) is 12.1 Å². The Hall–Kier alpha value is -0.0900. The van der Waals surface area contributed by atoms with Gasteiger partial charge in [-0.15, -0.1) is 11.3 Å². The first-order valence-corrected chi connectivity index (χ1v) is 6.08. The zero-order chi connectivity index (χ0) is 10.2. The normalized spacial score (nSPS) is 10.7. The van der Waals surface area contributed by atoms with E-state index in [0.717, 1.165) is 36.7 Å². The van der Waals surface area contributed by atoms with Gasteiger partial charge in [0.25, 0.3) is 0 Å². The Morgan fingerprint density at radius 2 is 2.14 bits per heavy atom. The smallest absolute Gasteiger partial charge is 0.0931 e. The second-order valence-corrected chi connectivity index (χ2v) is 4.97.